The topological polar surface area (TPSA) is 73.3 Å². The molecule has 0 radical (unpaired) electrons. The van der Waals surface area contributed by atoms with Crippen LogP contribution in [0.1, 0.15) is 18.2 Å². The molecule has 1 heterocycles. The predicted molar refractivity (Wildman–Crippen MR) is 98.3 cm³/mol. The summed E-state index contributed by atoms with van der Waals surface area (Å²) in [6.07, 6.45) is 2.23. The van der Waals surface area contributed by atoms with Gasteiger partial charge in [-0.05, 0) is 44.0 Å². The van der Waals surface area contributed by atoms with Crippen molar-refractivity contribution in [2.75, 3.05) is 20.8 Å². The zero-order valence-electron chi connectivity index (χ0n) is 14.9. The van der Waals surface area contributed by atoms with Crippen LogP contribution in [0.15, 0.2) is 35.6 Å². The molecule has 0 saturated carbocycles. The van der Waals surface area contributed by atoms with E-state index in [4.69, 9.17) is 9.47 Å². The lowest BCUT2D eigenvalue weighted by Crippen LogP contribution is -2.32. The van der Waals surface area contributed by atoms with Crippen LogP contribution < -0.4 is 14.8 Å². The highest BCUT2D eigenvalue weighted by Gasteiger charge is 2.15. The SMILES string of the molecule is COc1ccc(CCNC(=O)C(C)Sc2cc(C)ncn2)cc1OC. The van der Waals surface area contributed by atoms with Crippen molar-refractivity contribution in [3.8, 4) is 11.5 Å². The number of carbonyl (C=O) groups excluding carboxylic acids is 1. The standard InChI is InChI=1S/C18H23N3O3S/c1-12-9-17(21-11-20-12)25-13(2)18(22)19-8-7-14-5-6-15(23-3)16(10-14)24-4/h5-6,9-11,13H,7-8H2,1-4H3,(H,19,22). The second kappa shape index (κ2) is 9.27. The number of amides is 1. The maximum absolute atomic E-state index is 12.2. The van der Waals surface area contributed by atoms with Crippen molar-refractivity contribution in [1.29, 1.82) is 0 Å². The van der Waals surface area contributed by atoms with Crippen molar-refractivity contribution in [1.82, 2.24) is 15.3 Å². The van der Waals surface area contributed by atoms with Gasteiger partial charge in [0.25, 0.3) is 0 Å². The highest BCUT2D eigenvalue weighted by Crippen LogP contribution is 2.27. The van der Waals surface area contributed by atoms with Crippen LogP contribution in [0.4, 0.5) is 0 Å². The largest absolute Gasteiger partial charge is 0.493 e. The molecule has 0 fully saturated rings. The summed E-state index contributed by atoms with van der Waals surface area (Å²) >= 11 is 1.42. The Labute approximate surface area is 152 Å². The van der Waals surface area contributed by atoms with Crippen molar-refractivity contribution in [3.05, 3.63) is 41.9 Å². The minimum Gasteiger partial charge on any atom is -0.493 e. The second-order valence-corrected chi connectivity index (χ2v) is 6.85. The molecule has 1 amide bonds. The van der Waals surface area contributed by atoms with E-state index in [0.717, 1.165) is 22.7 Å². The molecule has 0 aliphatic carbocycles. The number of aryl methyl sites for hydroxylation is 1. The van der Waals surface area contributed by atoms with Crippen LogP contribution in [0.2, 0.25) is 0 Å². The molecule has 2 rings (SSSR count). The van der Waals surface area contributed by atoms with Gasteiger partial charge >= 0.3 is 0 Å². The van der Waals surface area contributed by atoms with Gasteiger partial charge in [-0.2, -0.15) is 0 Å². The van der Waals surface area contributed by atoms with Crippen molar-refractivity contribution in [2.24, 2.45) is 0 Å². The van der Waals surface area contributed by atoms with E-state index in [1.165, 1.54) is 18.1 Å². The summed E-state index contributed by atoms with van der Waals surface area (Å²) < 4.78 is 10.5. The number of methoxy groups -OCH3 is 2. The maximum Gasteiger partial charge on any atom is 0.233 e. The summed E-state index contributed by atoms with van der Waals surface area (Å²) in [5, 5.41) is 3.54. The van der Waals surface area contributed by atoms with Crippen LogP contribution in [0.3, 0.4) is 0 Å². The van der Waals surface area contributed by atoms with Gasteiger partial charge in [0.1, 0.15) is 11.4 Å². The molecule has 1 aromatic heterocycles. The number of aromatic nitrogens is 2. The summed E-state index contributed by atoms with van der Waals surface area (Å²) in [6.45, 7) is 4.33. The number of ether oxygens (including phenoxy) is 2. The number of nitrogens with one attached hydrogen (secondary N) is 1. The molecular formula is C18H23N3O3S. The van der Waals surface area contributed by atoms with E-state index in [2.05, 4.69) is 15.3 Å². The smallest absolute Gasteiger partial charge is 0.233 e. The number of hydrogen-bond acceptors (Lipinski definition) is 6. The lowest BCUT2D eigenvalue weighted by atomic mass is 10.1. The molecule has 0 saturated heterocycles. The van der Waals surface area contributed by atoms with Crippen LogP contribution in [-0.2, 0) is 11.2 Å². The molecule has 1 aromatic carbocycles. The highest BCUT2D eigenvalue weighted by atomic mass is 32.2. The third-order valence-corrected chi connectivity index (χ3v) is 4.64. The normalized spacial score (nSPS) is 11.7. The summed E-state index contributed by atoms with van der Waals surface area (Å²) in [6, 6.07) is 7.63. The first-order chi connectivity index (χ1) is 12.0. The van der Waals surface area contributed by atoms with Crippen LogP contribution >= 0.6 is 11.8 Å². The molecular weight excluding hydrogens is 338 g/mol. The fraction of sp³-hybridized carbons (Fsp3) is 0.389. The van der Waals surface area contributed by atoms with Gasteiger partial charge < -0.3 is 14.8 Å². The summed E-state index contributed by atoms with van der Waals surface area (Å²) in [5.74, 6) is 1.37. The highest BCUT2D eigenvalue weighted by molar-refractivity contribution is 8.00. The molecule has 6 nitrogen and oxygen atoms in total. The van der Waals surface area contributed by atoms with E-state index in [9.17, 15) is 4.79 Å². The third kappa shape index (κ3) is 5.63. The molecule has 2 aromatic rings. The predicted octanol–water partition coefficient (Wildman–Crippen LogP) is 2.64. The van der Waals surface area contributed by atoms with Gasteiger partial charge in [-0.15, -0.1) is 0 Å². The fourth-order valence-corrected chi connectivity index (χ4v) is 3.14. The van der Waals surface area contributed by atoms with E-state index in [-0.39, 0.29) is 11.2 Å². The average Bonchev–Trinajstić information content (AvgIpc) is 2.61. The van der Waals surface area contributed by atoms with Crippen molar-refractivity contribution < 1.29 is 14.3 Å². The Morgan fingerprint density at radius 1 is 1.20 bits per heavy atom. The van der Waals surface area contributed by atoms with Crippen LogP contribution in [0, 0.1) is 6.92 Å². The second-order valence-electron chi connectivity index (χ2n) is 5.49. The zero-order valence-corrected chi connectivity index (χ0v) is 15.7. The van der Waals surface area contributed by atoms with E-state index in [1.54, 1.807) is 14.2 Å². The Hall–Kier alpha value is -2.28. The zero-order chi connectivity index (χ0) is 18.2. The van der Waals surface area contributed by atoms with Gasteiger partial charge in [0.2, 0.25) is 5.91 Å². The number of rotatable bonds is 8. The van der Waals surface area contributed by atoms with Crippen LogP contribution in [0.25, 0.3) is 0 Å². The third-order valence-electron chi connectivity index (χ3n) is 3.61. The minimum absolute atomic E-state index is 0.0123. The van der Waals surface area contributed by atoms with E-state index >= 15 is 0 Å². The molecule has 0 spiro atoms. The van der Waals surface area contributed by atoms with Crippen LogP contribution in [-0.4, -0.2) is 41.9 Å². The molecule has 1 N–H and O–H groups in total. The minimum atomic E-state index is -0.222. The molecule has 1 atom stereocenters. The molecule has 0 aliphatic rings. The lowest BCUT2D eigenvalue weighted by molar-refractivity contribution is -0.120. The number of hydrogen-bond donors (Lipinski definition) is 1. The van der Waals surface area contributed by atoms with Crippen molar-refractivity contribution in [3.63, 3.8) is 0 Å². The average molecular weight is 361 g/mol. The number of benzene rings is 1. The van der Waals surface area contributed by atoms with Gasteiger partial charge in [0.15, 0.2) is 11.5 Å². The van der Waals surface area contributed by atoms with Crippen molar-refractivity contribution in [2.45, 2.75) is 30.5 Å². The van der Waals surface area contributed by atoms with E-state index in [1.807, 2.05) is 38.1 Å². The lowest BCUT2D eigenvalue weighted by Gasteiger charge is -2.12. The monoisotopic (exact) mass is 361 g/mol. The molecule has 0 bridgehead atoms. The Bertz CT molecular complexity index is 724. The van der Waals surface area contributed by atoms with E-state index < -0.39 is 0 Å². The van der Waals surface area contributed by atoms with Gasteiger partial charge in [0.05, 0.1) is 19.5 Å². The van der Waals surface area contributed by atoms with Gasteiger partial charge in [-0.25, -0.2) is 9.97 Å². The van der Waals surface area contributed by atoms with E-state index in [0.29, 0.717) is 18.0 Å². The fourth-order valence-electron chi connectivity index (χ4n) is 2.24. The maximum atomic E-state index is 12.2. The first-order valence-electron chi connectivity index (χ1n) is 7.97. The van der Waals surface area contributed by atoms with Crippen molar-refractivity contribution >= 4 is 17.7 Å². The van der Waals surface area contributed by atoms with Gasteiger partial charge in [-0.3, -0.25) is 4.79 Å². The molecule has 25 heavy (non-hydrogen) atoms. The Morgan fingerprint density at radius 3 is 2.64 bits per heavy atom. The Morgan fingerprint density at radius 2 is 1.96 bits per heavy atom. The summed E-state index contributed by atoms with van der Waals surface area (Å²) in [4.78, 5) is 20.5. The first kappa shape index (κ1) is 19.1. The number of carbonyl (C=O) groups is 1. The molecule has 7 heteroatoms. The molecule has 0 aliphatic heterocycles. The number of nitrogens with zero attached hydrogens (tertiary/aromatic N) is 2. The summed E-state index contributed by atoms with van der Waals surface area (Å²) in [5.41, 5.74) is 1.96. The molecule has 134 valence electrons. The molecule has 1 unspecified atom stereocenters. The van der Waals surface area contributed by atoms with Gasteiger partial charge in [0, 0.05) is 12.2 Å². The quantitative estimate of drug-likeness (QED) is 0.576. The first-order valence-corrected chi connectivity index (χ1v) is 8.85. The van der Waals surface area contributed by atoms with Gasteiger partial charge in [-0.1, -0.05) is 17.8 Å². The Kier molecular flexibility index (Phi) is 7.06. The number of thioether (sulfide) groups is 1. The summed E-state index contributed by atoms with van der Waals surface area (Å²) in [7, 11) is 3.22. The van der Waals surface area contributed by atoms with Crippen LogP contribution in [0.5, 0.6) is 11.5 Å². The Balaban J connectivity index is 1.83.